The van der Waals surface area contributed by atoms with Crippen LogP contribution in [-0.2, 0) is 6.61 Å². The lowest BCUT2D eigenvalue weighted by atomic mass is 10.2. The van der Waals surface area contributed by atoms with Crippen molar-refractivity contribution in [3.05, 3.63) is 62.9 Å². The Morgan fingerprint density at radius 2 is 2.14 bits per heavy atom. The normalized spacial score (nSPS) is 10.1. The van der Waals surface area contributed by atoms with E-state index >= 15 is 0 Å². The molecule has 1 N–H and O–H groups in total. The lowest BCUT2D eigenvalue weighted by Crippen LogP contribution is -2.02. The van der Waals surface area contributed by atoms with Gasteiger partial charge in [0, 0.05) is 12.3 Å². The van der Waals surface area contributed by atoms with E-state index in [-0.39, 0.29) is 28.6 Å². The minimum absolute atomic E-state index is 0.0147. The molecule has 1 heterocycles. The second-order valence-electron chi connectivity index (χ2n) is 4.00. The second-order valence-corrected chi connectivity index (χ2v) is 4.41. The maximum Gasteiger partial charge on any atom is 0.337 e. The Kier molecular flexibility index (Phi) is 4.34. The van der Waals surface area contributed by atoms with Crippen LogP contribution >= 0.6 is 11.6 Å². The summed E-state index contributed by atoms with van der Waals surface area (Å²) in [5.41, 5.74) is 0.401. The summed E-state index contributed by atoms with van der Waals surface area (Å²) in [5, 5.41) is 19.7. The summed E-state index contributed by atoms with van der Waals surface area (Å²) in [7, 11) is 0. The zero-order valence-corrected chi connectivity index (χ0v) is 11.3. The van der Waals surface area contributed by atoms with Gasteiger partial charge in [0.15, 0.2) is 0 Å². The number of aromatic nitrogens is 1. The number of carbonyl (C=O) groups is 1. The number of non-ortho nitro benzene ring substituents is 1. The third-order valence-electron chi connectivity index (χ3n) is 2.57. The molecule has 0 unspecified atom stereocenters. The number of pyridine rings is 1. The quantitative estimate of drug-likeness (QED) is 0.673. The first-order valence-electron chi connectivity index (χ1n) is 5.72. The van der Waals surface area contributed by atoms with Crippen LogP contribution in [0, 0.1) is 10.1 Å². The predicted octanol–water partition coefficient (Wildman–Crippen LogP) is 2.92. The first kappa shape index (κ1) is 14.7. The molecule has 2 rings (SSSR count). The summed E-state index contributed by atoms with van der Waals surface area (Å²) < 4.78 is 5.37. The number of hydrogen-bond donors (Lipinski definition) is 1. The summed E-state index contributed by atoms with van der Waals surface area (Å²) in [6.07, 6.45) is 1.20. The van der Waals surface area contributed by atoms with Crippen molar-refractivity contribution >= 4 is 23.3 Å². The minimum Gasteiger partial charge on any atom is -0.485 e. The molecular formula is C13H9ClN2O5. The predicted molar refractivity (Wildman–Crippen MR) is 73.6 cm³/mol. The SMILES string of the molecule is O=C(O)c1ccc(COc2cc([N+](=O)[O-])ccc2Cl)nc1. The molecule has 1 aromatic carbocycles. The van der Waals surface area contributed by atoms with Crippen molar-refractivity contribution in [2.75, 3.05) is 0 Å². The fourth-order valence-corrected chi connectivity index (χ4v) is 1.68. The van der Waals surface area contributed by atoms with Crippen molar-refractivity contribution in [3.8, 4) is 5.75 Å². The highest BCUT2D eigenvalue weighted by atomic mass is 35.5. The number of aromatic carboxylic acids is 1. The molecule has 108 valence electrons. The van der Waals surface area contributed by atoms with E-state index in [1.165, 1.54) is 36.5 Å². The Bertz CT molecular complexity index is 687. The average molecular weight is 309 g/mol. The average Bonchev–Trinajstić information content (AvgIpc) is 2.46. The lowest BCUT2D eigenvalue weighted by molar-refractivity contribution is -0.384. The van der Waals surface area contributed by atoms with Crippen molar-refractivity contribution < 1.29 is 19.6 Å². The van der Waals surface area contributed by atoms with Crippen molar-refractivity contribution in [1.29, 1.82) is 0 Å². The van der Waals surface area contributed by atoms with Crippen LogP contribution in [0.2, 0.25) is 5.02 Å². The molecular weight excluding hydrogens is 300 g/mol. The number of carboxylic acid groups (broad SMARTS) is 1. The van der Waals surface area contributed by atoms with Gasteiger partial charge in [0.1, 0.15) is 12.4 Å². The second kappa shape index (κ2) is 6.19. The fraction of sp³-hybridized carbons (Fsp3) is 0.0769. The maximum atomic E-state index is 10.7. The number of halogens is 1. The molecule has 0 aliphatic rings. The Balaban J connectivity index is 2.10. The number of nitro groups is 1. The van der Waals surface area contributed by atoms with Gasteiger partial charge in [-0.05, 0) is 18.2 Å². The van der Waals surface area contributed by atoms with Crippen molar-refractivity contribution in [2.24, 2.45) is 0 Å². The van der Waals surface area contributed by atoms with Crippen LogP contribution in [-0.4, -0.2) is 21.0 Å². The summed E-state index contributed by atoms with van der Waals surface area (Å²) >= 11 is 5.89. The number of rotatable bonds is 5. The van der Waals surface area contributed by atoms with Crippen molar-refractivity contribution in [1.82, 2.24) is 4.98 Å². The fourth-order valence-electron chi connectivity index (χ4n) is 1.50. The van der Waals surface area contributed by atoms with E-state index in [4.69, 9.17) is 21.4 Å². The Morgan fingerprint density at radius 1 is 1.38 bits per heavy atom. The first-order valence-corrected chi connectivity index (χ1v) is 6.10. The summed E-state index contributed by atoms with van der Waals surface area (Å²) in [5.74, 6) is -0.910. The Morgan fingerprint density at radius 3 is 2.71 bits per heavy atom. The number of nitrogens with zero attached hydrogens (tertiary/aromatic N) is 2. The smallest absolute Gasteiger partial charge is 0.337 e. The Hall–Kier alpha value is -2.67. The minimum atomic E-state index is -1.07. The van der Waals surface area contributed by atoms with Gasteiger partial charge < -0.3 is 9.84 Å². The summed E-state index contributed by atoms with van der Waals surface area (Å²) in [4.78, 5) is 24.7. The largest absolute Gasteiger partial charge is 0.485 e. The maximum absolute atomic E-state index is 10.7. The van der Waals surface area contributed by atoms with Gasteiger partial charge in [-0.1, -0.05) is 11.6 Å². The number of benzene rings is 1. The highest BCUT2D eigenvalue weighted by Gasteiger charge is 2.11. The van der Waals surface area contributed by atoms with Gasteiger partial charge in [0.2, 0.25) is 0 Å². The van der Waals surface area contributed by atoms with E-state index in [1.54, 1.807) is 0 Å². The van der Waals surface area contributed by atoms with Crippen molar-refractivity contribution in [2.45, 2.75) is 6.61 Å². The molecule has 0 aliphatic heterocycles. The van der Waals surface area contributed by atoms with Crippen LogP contribution < -0.4 is 4.74 Å². The monoisotopic (exact) mass is 308 g/mol. The number of carboxylic acids is 1. The summed E-state index contributed by atoms with van der Waals surface area (Å²) in [6.45, 7) is 0.0147. The van der Waals surface area contributed by atoms with Gasteiger partial charge in [0.05, 0.1) is 27.3 Å². The number of nitro benzene ring substituents is 1. The molecule has 2 aromatic rings. The molecule has 1 aromatic heterocycles. The highest BCUT2D eigenvalue weighted by Crippen LogP contribution is 2.29. The molecule has 8 heteroatoms. The topological polar surface area (TPSA) is 103 Å². The van der Waals surface area contributed by atoms with E-state index in [2.05, 4.69) is 4.98 Å². The van der Waals surface area contributed by atoms with Crippen LogP contribution in [0.25, 0.3) is 0 Å². The van der Waals surface area contributed by atoms with Gasteiger partial charge in [0.25, 0.3) is 5.69 Å². The third-order valence-corrected chi connectivity index (χ3v) is 2.89. The van der Waals surface area contributed by atoms with E-state index in [9.17, 15) is 14.9 Å². The number of hydrogen-bond acceptors (Lipinski definition) is 5. The zero-order chi connectivity index (χ0) is 15.4. The van der Waals surface area contributed by atoms with Crippen LogP contribution in [0.4, 0.5) is 5.69 Å². The van der Waals surface area contributed by atoms with Crippen LogP contribution in [0.15, 0.2) is 36.5 Å². The molecule has 0 aliphatic carbocycles. The van der Waals surface area contributed by atoms with Gasteiger partial charge in [-0.3, -0.25) is 15.1 Å². The molecule has 0 atom stereocenters. The van der Waals surface area contributed by atoms with Crippen LogP contribution in [0.5, 0.6) is 5.75 Å². The molecule has 0 fully saturated rings. The molecule has 0 amide bonds. The highest BCUT2D eigenvalue weighted by molar-refractivity contribution is 6.32. The first-order chi connectivity index (χ1) is 9.97. The zero-order valence-electron chi connectivity index (χ0n) is 10.5. The van der Waals surface area contributed by atoms with Crippen LogP contribution in [0.1, 0.15) is 16.1 Å². The van der Waals surface area contributed by atoms with Crippen molar-refractivity contribution in [3.63, 3.8) is 0 Å². The molecule has 0 radical (unpaired) electrons. The molecule has 0 bridgehead atoms. The Labute approximate surface area is 123 Å². The molecule has 7 nitrogen and oxygen atoms in total. The number of ether oxygens (including phenoxy) is 1. The summed E-state index contributed by atoms with van der Waals surface area (Å²) in [6, 6.07) is 6.75. The van der Waals surface area contributed by atoms with E-state index in [0.29, 0.717) is 5.69 Å². The third kappa shape index (κ3) is 3.67. The van der Waals surface area contributed by atoms with Gasteiger partial charge >= 0.3 is 5.97 Å². The van der Waals surface area contributed by atoms with Gasteiger partial charge in [-0.25, -0.2) is 4.79 Å². The van der Waals surface area contributed by atoms with Gasteiger partial charge in [-0.2, -0.15) is 0 Å². The molecule has 0 spiro atoms. The van der Waals surface area contributed by atoms with Crippen LogP contribution in [0.3, 0.4) is 0 Å². The molecule has 0 saturated carbocycles. The van der Waals surface area contributed by atoms with E-state index in [0.717, 1.165) is 0 Å². The molecule has 21 heavy (non-hydrogen) atoms. The molecule has 0 saturated heterocycles. The van der Waals surface area contributed by atoms with E-state index in [1.807, 2.05) is 0 Å². The van der Waals surface area contributed by atoms with E-state index < -0.39 is 10.9 Å². The lowest BCUT2D eigenvalue weighted by Gasteiger charge is -2.07. The standard InChI is InChI=1S/C13H9ClN2O5/c14-11-4-3-10(16(19)20)5-12(11)21-7-9-2-1-8(6-15-9)13(17)18/h1-6H,7H2,(H,17,18). The van der Waals surface area contributed by atoms with Gasteiger partial charge in [-0.15, -0.1) is 0 Å².